The fourth-order valence-corrected chi connectivity index (χ4v) is 2.64. The minimum atomic E-state index is -0.988. The molecule has 2 N–H and O–H groups in total. The van der Waals surface area contributed by atoms with E-state index in [2.05, 4.69) is 10.3 Å². The smallest absolute Gasteiger partial charge is 0.335 e. The average molecular weight is 352 g/mol. The van der Waals surface area contributed by atoms with E-state index < -0.39 is 11.8 Å². The summed E-state index contributed by atoms with van der Waals surface area (Å²) >= 11 is 0. The molecule has 0 spiro atoms. The Labute approximate surface area is 150 Å². The molecule has 132 valence electrons. The van der Waals surface area contributed by atoms with Crippen LogP contribution in [0.2, 0.25) is 0 Å². The van der Waals surface area contributed by atoms with Gasteiger partial charge in [-0.3, -0.25) is 4.98 Å². The zero-order valence-corrected chi connectivity index (χ0v) is 14.0. The van der Waals surface area contributed by atoms with Gasteiger partial charge in [0.25, 0.3) is 0 Å². The van der Waals surface area contributed by atoms with Gasteiger partial charge in [-0.15, -0.1) is 0 Å². The van der Waals surface area contributed by atoms with Crippen LogP contribution in [0, 0.1) is 5.82 Å². The maximum Gasteiger partial charge on any atom is 0.335 e. The number of halogens is 1. The van der Waals surface area contributed by atoms with Crippen molar-refractivity contribution in [2.45, 2.75) is 6.04 Å². The largest absolute Gasteiger partial charge is 0.494 e. The van der Waals surface area contributed by atoms with Gasteiger partial charge in [0.1, 0.15) is 0 Å². The van der Waals surface area contributed by atoms with Gasteiger partial charge in [0.2, 0.25) is 0 Å². The lowest BCUT2D eigenvalue weighted by atomic mass is 9.99. The Morgan fingerprint density at radius 1 is 1.15 bits per heavy atom. The van der Waals surface area contributed by atoms with Gasteiger partial charge in [-0.2, -0.15) is 0 Å². The van der Waals surface area contributed by atoms with Gasteiger partial charge in [0.05, 0.1) is 18.7 Å². The Bertz CT molecular complexity index is 899. The second kappa shape index (κ2) is 7.65. The minimum Gasteiger partial charge on any atom is -0.494 e. The summed E-state index contributed by atoms with van der Waals surface area (Å²) in [7, 11) is 1.42. The highest BCUT2D eigenvalue weighted by Gasteiger charge is 2.17. The van der Waals surface area contributed by atoms with Crippen LogP contribution in [0.4, 0.5) is 10.1 Å². The Morgan fingerprint density at radius 3 is 2.50 bits per heavy atom. The highest BCUT2D eigenvalue weighted by molar-refractivity contribution is 5.88. The molecule has 1 unspecified atom stereocenters. The zero-order chi connectivity index (χ0) is 18.5. The van der Waals surface area contributed by atoms with Gasteiger partial charge in [0.15, 0.2) is 11.6 Å². The number of carboxylic acid groups (broad SMARTS) is 1. The van der Waals surface area contributed by atoms with E-state index in [1.54, 1.807) is 42.7 Å². The number of hydrogen-bond donors (Lipinski definition) is 2. The summed E-state index contributed by atoms with van der Waals surface area (Å²) < 4.78 is 19.1. The van der Waals surface area contributed by atoms with E-state index >= 15 is 0 Å². The number of pyridine rings is 1. The molecule has 2 aromatic carbocycles. The number of rotatable bonds is 6. The minimum absolute atomic E-state index is 0.171. The first-order valence-electron chi connectivity index (χ1n) is 7.91. The number of methoxy groups -OCH3 is 1. The van der Waals surface area contributed by atoms with E-state index in [9.17, 15) is 9.18 Å². The van der Waals surface area contributed by atoms with E-state index in [4.69, 9.17) is 9.84 Å². The molecule has 3 aromatic rings. The molecule has 3 rings (SSSR count). The normalized spacial score (nSPS) is 11.6. The molecule has 0 aliphatic carbocycles. The van der Waals surface area contributed by atoms with Crippen molar-refractivity contribution in [3.8, 4) is 5.75 Å². The molecule has 0 saturated carbocycles. The van der Waals surface area contributed by atoms with E-state index in [0.29, 0.717) is 11.3 Å². The quantitative estimate of drug-likeness (QED) is 0.698. The van der Waals surface area contributed by atoms with Crippen LogP contribution in [0.3, 0.4) is 0 Å². The van der Waals surface area contributed by atoms with Crippen molar-refractivity contribution >= 4 is 11.7 Å². The van der Waals surface area contributed by atoms with Gasteiger partial charge in [-0.05, 0) is 53.6 Å². The van der Waals surface area contributed by atoms with Crippen LogP contribution in [-0.2, 0) is 0 Å². The molecule has 5 nitrogen and oxygen atoms in total. The molecule has 0 aliphatic heterocycles. The fourth-order valence-electron chi connectivity index (χ4n) is 2.64. The van der Waals surface area contributed by atoms with Crippen LogP contribution in [0.5, 0.6) is 5.75 Å². The standard InChI is InChI=1S/C20H17FN2O3/c1-26-18-9-6-14(11-17(18)21)19(15-3-2-10-22-12-15)23-16-7-4-13(5-8-16)20(24)25/h2-12,19,23H,1H3,(H,24,25). The number of aromatic nitrogens is 1. The predicted octanol–water partition coefficient (Wildman–Crippen LogP) is 4.13. The lowest BCUT2D eigenvalue weighted by Gasteiger charge is -2.21. The third kappa shape index (κ3) is 3.80. The van der Waals surface area contributed by atoms with Crippen LogP contribution >= 0.6 is 0 Å². The van der Waals surface area contributed by atoms with Gasteiger partial charge in [0, 0.05) is 18.1 Å². The molecule has 0 radical (unpaired) electrons. The molecule has 26 heavy (non-hydrogen) atoms. The van der Waals surface area contributed by atoms with Crippen molar-refractivity contribution in [1.29, 1.82) is 0 Å². The van der Waals surface area contributed by atoms with E-state index in [-0.39, 0.29) is 17.4 Å². The number of nitrogens with one attached hydrogen (secondary N) is 1. The molecule has 1 atom stereocenters. The summed E-state index contributed by atoms with van der Waals surface area (Å²) in [5.74, 6) is -1.27. The Kier molecular flexibility index (Phi) is 5.12. The summed E-state index contributed by atoms with van der Waals surface area (Å²) in [5, 5.41) is 12.3. The molecular weight excluding hydrogens is 335 g/mol. The summed E-state index contributed by atoms with van der Waals surface area (Å²) in [4.78, 5) is 15.1. The summed E-state index contributed by atoms with van der Waals surface area (Å²) in [6.45, 7) is 0. The van der Waals surface area contributed by atoms with Crippen molar-refractivity contribution in [2.24, 2.45) is 0 Å². The lowest BCUT2D eigenvalue weighted by Crippen LogP contribution is -2.13. The molecule has 0 amide bonds. The van der Waals surface area contributed by atoms with Crippen molar-refractivity contribution < 1.29 is 19.0 Å². The van der Waals surface area contributed by atoms with Crippen molar-refractivity contribution in [3.05, 3.63) is 89.5 Å². The SMILES string of the molecule is COc1ccc(C(Nc2ccc(C(=O)O)cc2)c2cccnc2)cc1F. The van der Waals surface area contributed by atoms with E-state index in [1.807, 2.05) is 6.07 Å². The fraction of sp³-hybridized carbons (Fsp3) is 0.100. The number of anilines is 1. The van der Waals surface area contributed by atoms with Crippen molar-refractivity contribution in [2.75, 3.05) is 12.4 Å². The number of nitrogens with zero attached hydrogens (tertiary/aromatic N) is 1. The van der Waals surface area contributed by atoms with Crippen LogP contribution in [0.1, 0.15) is 27.5 Å². The number of ether oxygens (including phenoxy) is 1. The van der Waals surface area contributed by atoms with Crippen molar-refractivity contribution in [1.82, 2.24) is 4.98 Å². The highest BCUT2D eigenvalue weighted by Crippen LogP contribution is 2.29. The zero-order valence-electron chi connectivity index (χ0n) is 14.0. The van der Waals surface area contributed by atoms with Crippen LogP contribution < -0.4 is 10.1 Å². The Morgan fingerprint density at radius 2 is 1.92 bits per heavy atom. The lowest BCUT2D eigenvalue weighted by molar-refractivity contribution is 0.0697. The summed E-state index contributed by atoms with van der Waals surface area (Å²) in [6.07, 6.45) is 3.36. The van der Waals surface area contributed by atoms with Crippen LogP contribution in [0.25, 0.3) is 0 Å². The first-order chi connectivity index (χ1) is 12.6. The third-order valence-electron chi connectivity index (χ3n) is 3.97. The summed E-state index contributed by atoms with van der Waals surface area (Å²) in [5.41, 5.74) is 2.45. The van der Waals surface area contributed by atoms with Crippen LogP contribution in [0.15, 0.2) is 67.0 Å². The summed E-state index contributed by atoms with van der Waals surface area (Å²) in [6, 6.07) is 14.5. The average Bonchev–Trinajstić information content (AvgIpc) is 2.67. The number of carboxylic acids is 1. The maximum absolute atomic E-state index is 14.2. The number of hydrogen-bond acceptors (Lipinski definition) is 4. The predicted molar refractivity (Wildman–Crippen MR) is 96.1 cm³/mol. The topological polar surface area (TPSA) is 71.5 Å². The molecule has 0 fully saturated rings. The molecule has 0 saturated heterocycles. The van der Waals surface area contributed by atoms with Crippen molar-refractivity contribution in [3.63, 3.8) is 0 Å². The molecule has 0 bridgehead atoms. The molecular formula is C20H17FN2O3. The molecule has 6 heteroatoms. The van der Waals surface area contributed by atoms with Gasteiger partial charge in [-0.25, -0.2) is 9.18 Å². The number of aromatic carboxylic acids is 1. The third-order valence-corrected chi connectivity index (χ3v) is 3.97. The van der Waals surface area contributed by atoms with Gasteiger partial charge in [-0.1, -0.05) is 12.1 Å². The van der Waals surface area contributed by atoms with E-state index in [1.165, 1.54) is 25.3 Å². The molecule has 0 aliphatic rings. The maximum atomic E-state index is 14.2. The van der Waals surface area contributed by atoms with Gasteiger partial charge >= 0.3 is 5.97 Å². The van der Waals surface area contributed by atoms with E-state index in [0.717, 1.165) is 5.56 Å². The Hall–Kier alpha value is -3.41. The van der Waals surface area contributed by atoms with Crippen LogP contribution in [-0.4, -0.2) is 23.2 Å². The first kappa shape index (κ1) is 17.4. The Balaban J connectivity index is 1.96. The number of benzene rings is 2. The number of carbonyl (C=O) groups is 1. The molecule has 1 heterocycles. The second-order valence-electron chi connectivity index (χ2n) is 5.64. The van der Waals surface area contributed by atoms with Gasteiger partial charge < -0.3 is 15.2 Å². The first-order valence-corrected chi connectivity index (χ1v) is 7.91. The molecule has 1 aromatic heterocycles. The highest BCUT2D eigenvalue weighted by atomic mass is 19.1. The monoisotopic (exact) mass is 352 g/mol. The second-order valence-corrected chi connectivity index (χ2v) is 5.64.